The van der Waals surface area contributed by atoms with Gasteiger partial charge in [-0.3, -0.25) is 4.79 Å². The Kier molecular flexibility index (Phi) is 5.88. The minimum absolute atomic E-state index is 0.0254. The zero-order chi connectivity index (χ0) is 16.8. The van der Waals surface area contributed by atoms with E-state index in [4.69, 9.17) is 0 Å². The minimum Gasteiger partial charge on any atom is -0.354 e. The van der Waals surface area contributed by atoms with E-state index < -0.39 is 0 Å². The van der Waals surface area contributed by atoms with Crippen LogP contribution in [-0.4, -0.2) is 31.4 Å². The van der Waals surface area contributed by atoms with Gasteiger partial charge in [-0.15, -0.1) is 0 Å². The first-order valence-electron chi connectivity index (χ1n) is 7.70. The number of nitrogens with one attached hydrogen (secondary N) is 1. The molecule has 0 saturated heterocycles. The predicted molar refractivity (Wildman–Crippen MR) is 90.7 cm³/mol. The lowest BCUT2D eigenvalue weighted by atomic mass is 10.0. The maximum absolute atomic E-state index is 13.4. The number of nitrogens with zero attached hydrogens (tertiary/aromatic N) is 1. The van der Waals surface area contributed by atoms with E-state index in [1.54, 1.807) is 6.07 Å². The number of amides is 1. The van der Waals surface area contributed by atoms with Crippen molar-refractivity contribution in [1.82, 2.24) is 10.2 Å². The molecular formula is C19H23FN2O. The highest BCUT2D eigenvalue weighted by molar-refractivity contribution is 5.78. The van der Waals surface area contributed by atoms with E-state index in [0.717, 1.165) is 16.7 Å². The molecule has 4 heteroatoms. The molecule has 0 aliphatic carbocycles. The zero-order valence-electron chi connectivity index (χ0n) is 13.8. The summed E-state index contributed by atoms with van der Waals surface area (Å²) >= 11 is 0. The van der Waals surface area contributed by atoms with Gasteiger partial charge in [0, 0.05) is 6.54 Å². The van der Waals surface area contributed by atoms with Crippen molar-refractivity contribution in [2.75, 3.05) is 20.6 Å². The Morgan fingerprint density at radius 1 is 1.17 bits per heavy atom. The molecule has 2 aromatic carbocycles. The molecule has 122 valence electrons. The molecule has 0 aliphatic heterocycles. The van der Waals surface area contributed by atoms with Crippen LogP contribution in [0, 0.1) is 12.7 Å². The lowest BCUT2D eigenvalue weighted by Gasteiger charge is -2.25. The highest BCUT2D eigenvalue weighted by Crippen LogP contribution is 2.18. The SMILES string of the molecule is Cc1ccccc1CC(=O)NCC(c1cccc(F)c1)N(C)C. The summed E-state index contributed by atoms with van der Waals surface area (Å²) in [7, 11) is 3.84. The van der Waals surface area contributed by atoms with Crippen LogP contribution < -0.4 is 5.32 Å². The summed E-state index contributed by atoms with van der Waals surface area (Å²) in [6.45, 7) is 2.44. The van der Waals surface area contributed by atoms with E-state index in [0.29, 0.717) is 13.0 Å². The molecule has 2 aromatic rings. The maximum atomic E-state index is 13.4. The fourth-order valence-electron chi connectivity index (χ4n) is 2.57. The summed E-state index contributed by atoms with van der Waals surface area (Å²) in [5.41, 5.74) is 2.99. The van der Waals surface area contributed by atoms with Crippen LogP contribution in [0.3, 0.4) is 0 Å². The van der Waals surface area contributed by atoms with Crippen molar-refractivity contribution in [1.29, 1.82) is 0 Å². The molecule has 1 unspecified atom stereocenters. The number of carbonyl (C=O) groups is 1. The smallest absolute Gasteiger partial charge is 0.224 e. The molecule has 1 N–H and O–H groups in total. The molecule has 1 atom stereocenters. The Hall–Kier alpha value is -2.20. The normalized spacial score (nSPS) is 12.2. The Morgan fingerprint density at radius 3 is 2.57 bits per heavy atom. The summed E-state index contributed by atoms with van der Waals surface area (Å²) in [5.74, 6) is -0.289. The van der Waals surface area contributed by atoms with Gasteiger partial charge in [-0.1, -0.05) is 36.4 Å². The largest absolute Gasteiger partial charge is 0.354 e. The summed E-state index contributed by atoms with van der Waals surface area (Å²) in [6.07, 6.45) is 0.357. The van der Waals surface area contributed by atoms with Crippen LogP contribution in [0.2, 0.25) is 0 Å². The molecule has 23 heavy (non-hydrogen) atoms. The quantitative estimate of drug-likeness (QED) is 0.888. The van der Waals surface area contributed by atoms with Crippen molar-refractivity contribution in [3.8, 4) is 0 Å². The highest BCUT2D eigenvalue weighted by atomic mass is 19.1. The van der Waals surface area contributed by atoms with E-state index in [1.165, 1.54) is 12.1 Å². The molecule has 0 fully saturated rings. The molecule has 0 heterocycles. The van der Waals surface area contributed by atoms with Crippen LogP contribution in [0.25, 0.3) is 0 Å². The van der Waals surface area contributed by atoms with Crippen LogP contribution in [-0.2, 0) is 11.2 Å². The standard InChI is InChI=1S/C19H23FN2O/c1-14-7-4-5-8-15(14)12-19(23)21-13-18(22(2)3)16-9-6-10-17(20)11-16/h4-11,18H,12-13H2,1-3H3,(H,21,23). The Bertz CT molecular complexity index is 670. The van der Waals surface area contributed by atoms with Crippen molar-refractivity contribution in [3.63, 3.8) is 0 Å². The lowest BCUT2D eigenvalue weighted by Crippen LogP contribution is -2.35. The van der Waals surface area contributed by atoms with Crippen LogP contribution in [0.1, 0.15) is 22.7 Å². The fourth-order valence-corrected chi connectivity index (χ4v) is 2.57. The van der Waals surface area contributed by atoms with Crippen molar-refractivity contribution in [3.05, 3.63) is 71.0 Å². The van der Waals surface area contributed by atoms with Gasteiger partial charge in [0.15, 0.2) is 0 Å². The van der Waals surface area contributed by atoms with Crippen LogP contribution in [0.5, 0.6) is 0 Å². The molecule has 0 radical (unpaired) electrons. The van der Waals surface area contributed by atoms with Crippen molar-refractivity contribution < 1.29 is 9.18 Å². The topological polar surface area (TPSA) is 32.3 Å². The first-order valence-corrected chi connectivity index (χ1v) is 7.70. The second kappa shape index (κ2) is 7.88. The van der Waals surface area contributed by atoms with Crippen LogP contribution in [0.15, 0.2) is 48.5 Å². The predicted octanol–water partition coefficient (Wildman–Crippen LogP) is 3.10. The Balaban J connectivity index is 1.99. The number of hydrogen-bond donors (Lipinski definition) is 1. The van der Waals surface area contributed by atoms with E-state index in [1.807, 2.05) is 56.3 Å². The first-order chi connectivity index (χ1) is 11.0. The third-order valence-corrected chi connectivity index (χ3v) is 3.96. The van der Waals surface area contributed by atoms with Gasteiger partial charge in [-0.25, -0.2) is 4.39 Å². The maximum Gasteiger partial charge on any atom is 0.224 e. The zero-order valence-corrected chi connectivity index (χ0v) is 13.8. The molecule has 0 aliphatic rings. The van der Waals surface area contributed by atoms with Crippen LogP contribution >= 0.6 is 0 Å². The number of likely N-dealkylation sites (N-methyl/N-ethyl adjacent to an activating group) is 1. The average Bonchev–Trinajstić information content (AvgIpc) is 2.49. The van der Waals surface area contributed by atoms with Crippen LogP contribution in [0.4, 0.5) is 4.39 Å². The molecule has 0 saturated carbocycles. The van der Waals surface area contributed by atoms with Gasteiger partial charge in [0.1, 0.15) is 5.82 Å². The second-order valence-electron chi connectivity index (χ2n) is 5.94. The third kappa shape index (κ3) is 4.89. The monoisotopic (exact) mass is 314 g/mol. The average molecular weight is 314 g/mol. The molecule has 2 rings (SSSR count). The molecule has 0 aromatic heterocycles. The molecule has 0 spiro atoms. The summed E-state index contributed by atoms with van der Waals surface area (Å²) < 4.78 is 13.4. The number of rotatable bonds is 6. The van der Waals surface area contributed by atoms with Gasteiger partial charge >= 0.3 is 0 Å². The van der Waals surface area contributed by atoms with E-state index in [-0.39, 0.29) is 17.8 Å². The second-order valence-corrected chi connectivity index (χ2v) is 5.94. The van der Waals surface area contributed by atoms with Crippen molar-refractivity contribution in [2.45, 2.75) is 19.4 Å². The first kappa shape index (κ1) is 17.2. The summed E-state index contributed by atoms with van der Waals surface area (Å²) in [6, 6.07) is 14.3. The number of aryl methyl sites for hydroxylation is 1. The summed E-state index contributed by atoms with van der Waals surface area (Å²) in [4.78, 5) is 14.2. The highest BCUT2D eigenvalue weighted by Gasteiger charge is 2.16. The van der Waals surface area contributed by atoms with E-state index in [9.17, 15) is 9.18 Å². The molecular weight excluding hydrogens is 291 g/mol. The number of benzene rings is 2. The molecule has 1 amide bonds. The third-order valence-electron chi connectivity index (χ3n) is 3.96. The lowest BCUT2D eigenvalue weighted by molar-refractivity contribution is -0.120. The number of halogens is 1. The van der Waals surface area contributed by atoms with Gasteiger partial charge in [0.05, 0.1) is 12.5 Å². The molecule has 3 nitrogen and oxygen atoms in total. The summed E-state index contributed by atoms with van der Waals surface area (Å²) in [5, 5.41) is 2.95. The Labute approximate surface area is 137 Å². The fraction of sp³-hybridized carbons (Fsp3) is 0.316. The number of hydrogen-bond acceptors (Lipinski definition) is 2. The molecule has 0 bridgehead atoms. The van der Waals surface area contributed by atoms with E-state index in [2.05, 4.69) is 5.32 Å². The van der Waals surface area contributed by atoms with Gasteiger partial charge in [0.2, 0.25) is 5.91 Å². The van der Waals surface area contributed by atoms with Crippen molar-refractivity contribution >= 4 is 5.91 Å². The van der Waals surface area contributed by atoms with Gasteiger partial charge in [-0.2, -0.15) is 0 Å². The van der Waals surface area contributed by atoms with Gasteiger partial charge in [0.25, 0.3) is 0 Å². The van der Waals surface area contributed by atoms with Gasteiger partial charge < -0.3 is 10.2 Å². The van der Waals surface area contributed by atoms with Gasteiger partial charge in [-0.05, 0) is 49.8 Å². The van der Waals surface area contributed by atoms with Crippen molar-refractivity contribution in [2.24, 2.45) is 0 Å². The van der Waals surface area contributed by atoms with E-state index >= 15 is 0 Å². The Morgan fingerprint density at radius 2 is 1.91 bits per heavy atom. The number of carbonyl (C=O) groups excluding carboxylic acids is 1. The minimum atomic E-state index is -0.263.